The van der Waals surface area contributed by atoms with Gasteiger partial charge in [0, 0.05) is 37.7 Å². The molecule has 2 aromatic carbocycles. The van der Waals surface area contributed by atoms with E-state index in [0.29, 0.717) is 30.5 Å². The van der Waals surface area contributed by atoms with Gasteiger partial charge in [-0.2, -0.15) is 0 Å². The Morgan fingerprint density at radius 3 is 2.71 bits per heavy atom. The molecule has 0 spiro atoms. The van der Waals surface area contributed by atoms with Crippen molar-refractivity contribution in [2.75, 3.05) is 33.2 Å². The van der Waals surface area contributed by atoms with Crippen molar-refractivity contribution in [3.8, 4) is 0 Å². The third-order valence-electron chi connectivity index (χ3n) is 6.20. The van der Waals surface area contributed by atoms with Gasteiger partial charge in [0.15, 0.2) is 0 Å². The first-order valence-corrected chi connectivity index (χ1v) is 10.0. The van der Waals surface area contributed by atoms with Gasteiger partial charge in [0.05, 0.1) is 12.6 Å². The average Bonchev–Trinajstić information content (AvgIpc) is 3.25. The zero-order valence-electron chi connectivity index (χ0n) is 16.6. The molecule has 28 heavy (non-hydrogen) atoms. The molecule has 0 aromatic heterocycles. The quantitative estimate of drug-likeness (QED) is 0.865. The van der Waals surface area contributed by atoms with E-state index in [9.17, 15) is 9.18 Å². The summed E-state index contributed by atoms with van der Waals surface area (Å²) in [6, 6.07) is 15.3. The molecule has 2 aromatic rings. The number of rotatable bonds is 5. The molecule has 148 valence electrons. The number of amides is 1. The lowest BCUT2D eigenvalue weighted by Gasteiger charge is -2.31. The number of likely N-dealkylation sites (N-methyl/N-ethyl adjacent to an activating group) is 1. The van der Waals surface area contributed by atoms with Crippen molar-refractivity contribution in [1.29, 1.82) is 0 Å². The van der Waals surface area contributed by atoms with Crippen LogP contribution in [0.5, 0.6) is 0 Å². The molecule has 0 bridgehead atoms. The van der Waals surface area contributed by atoms with Gasteiger partial charge in [-0.05, 0) is 37.1 Å². The fourth-order valence-corrected chi connectivity index (χ4v) is 4.79. The van der Waals surface area contributed by atoms with Crippen molar-refractivity contribution in [2.24, 2.45) is 11.8 Å². The van der Waals surface area contributed by atoms with Crippen LogP contribution in [0.25, 0.3) is 0 Å². The first-order valence-electron chi connectivity index (χ1n) is 10.0. The maximum absolute atomic E-state index is 13.9. The zero-order valence-corrected chi connectivity index (χ0v) is 16.6. The van der Waals surface area contributed by atoms with Gasteiger partial charge < -0.3 is 10.2 Å². The minimum Gasteiger partial charge on any atom is -0.334 e. The predicted molar refractivity (Wildman–Crippen MR) is 108 cm³/mol. The van der Waals surface area contributed by atoms with Crippen LogP contribution < -0.4 is 5.32 Å². The number of nitrogens with zero attached hydrogens (tertiary/aromatic N) is 2. The van der Waals surface area contributed by atoms with Crippen molar-refractivity contribution in [3.05, 3.63) is 71.0 Å². The van der Waals surface area contributed by atoms with Gasteiger partial charge in [-0.3, -0.25) is 9.69 Å². The Balaban J connectivity index is 1.51. The Hall–Kier alpha value is -2.24. The van der Waals surface area contributed by atoms with Crippen LogP contribution >= 0.6 is 0 Å². The highest BCUT2D eigenvalue weighted by atomic mass is 19.1. The van der Waals surface area contributed by atoms with Crippen molar-refractivity contribution in [1.82, 2.24) is 15.1 Å². The minimum absolute atomic E-state index is 0.121. The molecule has 2 aliphatic rings. The molecule has 1 N–H and O–H groups in total. The summed E-state index contributed by atoms with van der Waals surface area (Å²) in [5.74, 6) is 0.871. The van der Waals surface area contributed by atoms with Crippen LogP contribution in [0.3, 0.4) is 0 Å². The Morgan fingerprint density at radius 1 is 1.18 bits per heavy atom. The van der Waals surface area contributed by atoms with Crippen molar-refractivity contribution in [2.45, 2.75) is 19.5 Å². The number of fused-ring (bicyclic) bond motifs is 1. The summed E-state index contributed by atoms with van der Waals surface area (Å²) in [4.78, 5) is 17.2. The number of nitrogens with one attached hydrogen (secondary N) is 1. The summed E-state index contributed by atoms with van der Waals surface area (Å²) < 4.78 is 13.9. The van der Waals surface area contributed by atoms with Crippen LogP contribution in [0.4, 0.5) is 4.39 Å². The summed E-state index contributed by atoms with van der Waals surface area (Å²) >= 11 is 0. The molecule has 2 aliphatic heterocycles. The van der Waals surface area contributed by atoms with Gasteiger partial charge in [-0.1, -0.05) is 42.5 Å². The summed E-state index contributed by atoms with van der Waals surface area (Å²) in [5.41, 5.74) is 3.11. The summed E-state index contributed by atoms with van der Waals surface area (Å²) in [5, 5.41) is 3.49. The van der Waals surface area contributed by atoms with E-state index in [1.54, 1.807) is 12.1 Å². The van der Waals surface area contributed by atoms with E-state index < -0.39 is 0 Å². The molecule has 2 fully saturated rings. The third kappa shape index (κ3) is 3.69. The first-order chi connectivity index (χ1) is 13.5. The normalized spacial score (nSPS) is 24.0. The predicted octanol–water partition coefficient (Wildman–Crippen LogP) is 2.99. The Morgan fingerprint density at radius 2 is 1.93 bits per heavy atom. The summed E-state index contributed by atoms with van der Waals surface area (Å²) in [6.07, 6.45) is 0. The highest BCUT2D eigenvalue weighted by Crippen LogP contribution is 2.43. The molecule has 4 rings (SSSR count). The largest absolute Gasteiger partial charge is 0.334 e. The zero-order chi connectivity index (χ0) is 19.7. The number of aryl methyl sites for hydroxylation is 1. The number of carbonyl (C=O) groups is 1. The van der Waals surface area contributed by atoms with E-state index in [4.69, 9.17) is 0 Å². The van der Waals surface area contributed by atoms with E-state index in [-0.39, 0.29) is 17.8 Å². The molecule has 0 aliphatic carbocycles. The second-order valence-corrected chi connectivity index (χ2v) is 8.19. The van der Waals surface area contributed by atoms with Crippen LogP contribution in [0, 0.1) is 24.6 Å². The van der Waals surface area contributed by atoms with Crippen LogP contribution in [-0.2, 0) is 11.3 Å². The number of halogens is 1. The molecule has 1 amide bonds. The van der Waals surface area contributed by atoms with E-state index in [1.807, 2.05) is 24.1 Å². The van der Waals surface area contributed by atoms with E-state index in [0.717, 1.165) is 19.6 Å². The lowest BCUT2D eigenvalue weighted by atomic mass is 9.87. The lowest BCUT2D eigenvalue weighted by Crippen LogP contribution is -2.40. The molecule has 2 heterocycles. The van der Waals surface area contributed by atoms with Crippen LogP contribution in [0.1, 0.15) is 22.7 Å². The molecular formula is C23H28FN3O. The first kappa shape index (κ1) is 19.1. The Kier molecular flexibility index (Phi) is 5.47. The Bertz CT molecular complexity index is 855. The SMILES string of the molecule is Cc1ccccc1[C@H]1[C@H]2CNC[C@H]2CN1C(=O)CN(C)Cc1ccccc1F. The number of hydrogen-bond donors (Lipinski definition) is 1. The van der Waals surface area contributed by atoms with E-state index in [2.05, 4.69) is 35.3 Å². The van der Waals surface area contributed by atoms with E-state index in [1.165, 1.54) is 17.2 Å². The number of hydrogen-bond acceptors (Lipinski definition) is 3. The van der Waals surface area contributed by atoms with Crippen LogP contribution in [-0.4, -0.2) is 48.9 Å². The lowest BCUT2D eigenvalue weighted by molar-refractivity contribution is -0.133. The third-order valence-corrected chi connectivity index (χ3v) is 6.20. The molecular weight excluding hydrogens is 353 g/mol. The summed E-state index contributed by atoms with van der Waals surface area (Å²) in [7, 11) is 1.88. The van der Waals surface area contributed by atoms with Gasteiger partial charge in [0.2, 0.25) is 5.91 Å². The van der Waals surface area contributed by atoms with Crippen molar-refractivity contribution in [3.63, 3.8) is 0 Å². The fraction of sp³-hybridized carbons (Fsp3) is 0.435. The second-order valence-electron chi connectivity index (χ2n) is 8.19. The van der Waals surface area contributed by atoms with Gasteiger partial charge >= 0.3 is 0 Å². The topological polar surface area (TPSA) is 35.6 Å². The van der Waals surface area contributed by atoms with Gasteiger partial charge in [-0.25, -0.2) is 4.39 Å². The average molecular weight is 381 g/mol. The highest BCUT2D eigenvalue weighted by Gasteiger charge is 2.47. The monoisotopic (exact) mass is 381 g/mol. The van der Waals surface area contributed by atoms with Crippen LogP contribution in [0.2, 0.25) is 0 Å². The number of likely N-dealkylation sites (tertiary alicyclic amines) is 1. The molecule has 3 atom stereocenters. The van der Waals surface area contributed by atoms with Gasteiger partial charge in [0.1, 0.15) is 5.82 Å². The molecule has 4 nitrogen and oxygen atoms in total. The standard InChI is InChI=1S/C23H28FN3O/c1-16-7-3-5-9-19(16)23-20-12-25-11-18(20)14-27(23)22(28)15-26(2)13-17-8-4-6-10-21(17)24/h3-10,18,20,23,25H,11-15H2,1-2H3/t18-,20-,23-/m0/s1. The molecule has 0 saturated carbocycles. The van der Waals surface area contributed by atoms with Crippen LogP contribution in [0.15, 0.2) is 48.5 Å². The fourth-order valence-electron chi connectivity index (χ4n) is 4.79. The maximum Gasteiger partial charge on any atom is 0.237 e. The molecule has 5 heteroatoms. The Labute approximate surface area is 166 Å². The highest BCUT2D eigenvalue weighted by molar-refractivity contribution is 5.79. The molecule has 0 unspecified atom stereocenters. The van der Waals surface area contributed by atoms with Gasteiger partial charge in [0.25, 0.3) is 0 Å². The number of carbonyl (C=O) groups excluding carboxylic acids is 1. The van der Waals surface area contributed by atoms with E-state index >= 15 is 0 Å². The maximum atomic E-state index is 13.9. The molecule has 2 saturated heterocycles. The second kappa shape index (κ2) is 8.02. The molecule has 0 radical (unpaired) electrons. The smallest absolute Gasteiger partial charge is 0.237 e. The van der Waals surface area contributed by atoms with Gasteiger partial charge in [-0.15, -0.1) is 0 Å². The van der Waals surface area contributed by atoms with Crippen molar-refractivity contribution < 1.29 is 9.18 Å². The van der Waals surface area contributed by atoms with Crippen molar-refractivity contribution >= 4 is 5.91 Å². The minimum atomic E-state index is -0.221. The number of benzene rings is 2. The summed E-state index contributed by atoms with van der Waals surface area (Å²) in [6.45, 7) is 5.57.